The smallest absolute Gasteiger partial charge is 0.157 e. The Bertz CT molecular complexity index is 236. The van der Waals surface area contributed by atoms with E-state index in [4.69, 9.17) is 0 Å². The van der Waals surface area contributed by atoms with Crippen LogP contribution in [0.3, 0.4) is 0 Å². The molecule has 0 radical (unpaired) electrons. The number of amidine groups is 1. The van der Waals surface area contributed by atoms with Gasteiger partial charge in [0.1, 0.15) is 0 Å². The molecule has 15 heavy (non-hydrogen) atoms. The van der Waals surface area contributed by atoms with Gasteiger partial charge in [-0.05, 0) is 47.8 Å². The maximum atomic E-state index is 4.69. The quantitative estimate of drug-likeness (QED) is 0.796. The van der Waals surface area contributed by atoms with Crippen molar-refractivity contribution in [1.82, 2.24) is 10.2 Å². The Morgan fingerprint density at radius 2 is 2.20 bits per heavy atom. The third-order valence-corrected chi connectivity index (χ3v) is 3.69. The first-order valence-corrected chi connectivity index (χ1v) is 6.51. The lowest BCUT2D eigenvalue weighted by molar-refractivity contribution is 0.386. The first kappa shape index (κ1) is 12.8. The van der Waals surface area contributed by atoms with Crippen LogP contribution >= 0.6 is 11.8 Å². The van der Waals surface area contributed by atoms with E-state index in [9.17, 15) is 0 Å². The van der Waals surface area contributed by atoms with Crippen LogP contribution < -0.4 is 5.32 Å². The molecule has 0 aromatic rings. The summed E-state index contributed by atoms with van der Waals surface area (Å²) >= 11 is 1.84. The fourth-order valence-electron chi connectivity index (χ4n) is 1.39. The van der Waals surface area contributed by atoms with Crippen molar-refractivity contribution in [2.24, 2.45) is 4.99 Å². The summed E-state index contributed by atoms with van der Waals surface area (Å²) in [5.74, 6) is 1.12. The molecule has 88 valence electrons. The average molecular weight is 229 g/mol. The van der Waals surface area contributed by atoms with E-state index in [0.29, 0.717) is 6.04 Å². The topological polar surface area (TPSA) is 27.6 Å². The molecule has 1 N–H and O–H groups in total. The maximum Gasteiger partial charge on any atom is 0.157 e. The molecule has 0 saturated carbocycles. The van der Waals surface area contributed by atoms with E-state index < -0.39 is 0 Å². The number of hydrogen-bond acceptors (Lipinski definition) is 3. The zero-order valence-electron chi connectivity index (χ0n) is 10.5. The van der Waals surface area contributed by atoms with Gasteiger partial charge in [0.2, 0.25) is 0 Å². The van der Waals surface area contributed by atoms with Gasteiger partial charge >= 0.3 is 0 Å². The van der Waals surface area contributed by atoms with Gasteiger partial charge in [-0.15, -0.1) is 0 Å². The van der Waals surface area contributed by atoms with Crippen molar-refractivity contribution in [3.05, 3.63) is 0 Å². The van der Waals surface area contributed by atoms with Crippen LogP contribution in [0, 0.1) is 0 Å². The molecule has 0 aromatic carbocycles. The van der Waals surface area contributed by atoms with Gasteiger partial charge in [0.05, 0.1) is 6.04 Å². The summed E-state index contributed by atoms with van der Waals surface area (Å²) in [6.45, 7) is 7.72. The molecule has 1 aliphatic rings. The van der Waals surface area contributed by atoms with E-state index in [1.807, 2.05) is 11.8 Å². The maximum absolute atomic E-state index is 4.69. The molecule has 1 saturated heterocycles. The highest BCUT2D eigenvalue weighted by Gasteiger charge is 2.27. The predicted molar refractivity (Wildman–Crippen MR) is 69.7 cm³/mol. The zero-order valence-corrected chi connectivity index (χ0v) is 11.3. The fourth-order valence-corrected chi connectivity index (χ4v) is 2.56. The summed E-state index contributed by atoms with van der Waals surface area (Å²) in [7, 11) is 4.21. The summed E-state index contributed by atoms with van der Waals surface area (Å²) in [6, 6.07) is 0.413. The molecule has 3 nitrogen and oxygen atoms in total. The van der Waals surface area contributed by atoms with Crippen molar-refractivity contribution in [2.75, 3.05) is 26.4 Å². The molecule has 4 heteroatoms. The second kappa shape index (κ2) is 5.21. The lowest BCUT2D eigenvalue weighted by Crippen LogP contribution is -2.37. The third kappa shape index (κ3) is 4.89. The monoisotopic (exact) mass is 229 g/mol. The number of nitrogens with zero attached hydrogens (tertiary/aromatic N) is 2. The predicted octanol–water partition coefficient (Wildman–Crippen LogP) is 1.80. The fraction of sp³-hybridized carbons (Fsp3) is 0.909. The largest absolute Gasteiger partial charge is 0.359 e. The molecule has 1 heterocycles. The molecule has 0 aliphatic carbocycles. The molecule has 0 bridgehead atoms. The molecule has 1 rings (SSSR count). The molecule has 1 aliphatic heterocycles. The summed E-state index contributed by atoms with van der Waals surface area (Å²) in [5, 5.41) is 4.57. The Labute approximate surface area is 97.7 Å². The first-order chi connectivity index (χ1) is 6.89. The highest BCUT2D eigenvalue weighted by Crippen LogP contribution is 2.22. The van der Waals surface area contributed by atoms with E-state index >= 15 is 0 Å². The lowest BCUT2D eigenvalue weighted by atomic mass is 10.1. The van der Waals surface area contributed by atoms with Gasteiger partial charge in [0.15, 0.2) is 5.17 Å². The normalized spacial score (nSPS) is 24.5. The van der Waals surface area contributed by atoms with Crippen LogP contribution in [-0.4, -0.2) is 48.0 Å². The highest BCUT2D eigenvalue weighted by molar-refractivity contribution is 8.14. The third-order valence-electron chi connectivity index (χ3n) is 2.35. The van der Waals surface area contributed by atoms with Crippen LogP contribution in [0.4, 0.5) is 0 Å². The van der Waals surface area contributed by atoms with Gasteiger partial charge in [-0.2, -0.15) is 0 Å². The number of hydrogen-bond donors (Lipinski definition) is 1. The van der Waals surface area contributed by atoms with Crippen molar-refractivity contribution >= 4 is 16.9 Å². The number of rotatable bonds is 4. The van der Waals surface area contributed by atoms with Crippen molar-refractivity contribution in [1.29, 1.82) is 0 Å². The molecule has 0 spiro atoms. The van der Waals surface area contributed by atoms with Gasteiger partial charge < -0.3 is 10.2 Å². The SMILES string of the molecule is CC(CCN(C)C)N=C1NC(C)(C)CS1. The Morgan fingerprint density at radius 3 is 2.67 bits per heavy atom. The van der Waals surface area contributed by atoms with Crippen LogP contribution in [0.5, 0.6) is 0 Å². The standard InChI is InChI=1S/C11H23N3S/c1-9(6-7-14(4)5)12-10-13-11(2,3)8-15-10/h9H,6-8H2,1-5H3,(H,12,13). The minimum absolute atomic E-state index is 0.213. The van der Waals surface area contributed by atoms with E-state index in [1.165, 1.54) is 0 Å². The lowest BCUT2D eigenvalue weighted by Gasteiger charge is -2.17. The van der Waals surface area contributed by atoms with Crippen LogP contribution in [0.2, 0.25) is 0 Å². The van der Waals surface area contributed by atoms with Crippen LogP contribution in [0.25, 0.3) is 0 Å². The van der Waals surface area contributed by atoms with E-state index in [-0.39, 0.29) is 5.54 Å². The van der Waals surface area contributed by atoms with Crippen LogP contribution in [-0.2, 0) is 0 Å². The summed E-state index contributed by atoms with van der Waals surface area (Å²) < 4.78 is 0. The summed E-state index contributed by atoms with van der Waals surface area (Å²) in [6.07, 6.45) is 1.12. The van der Waals surface area contributed by atoms with E-state index in [1.54, 1.807) is 0 Å². The minimum Gasteiger partial charge on any atom is -0.359 e. The van der Waals surface area contributed by atoms with Crippen molar-refractivity contribution in [3.63, 3.8) is 0 Å². The van der Waals surface area contributed by atoms with Crippen molar-refractivity contribution in [2.45, 2.75) is 38.8 Å². The van der Waals surface area contributed by atoms with E-state index in [2.05, 4.69) is 50.1 Å². The minimum atomic E-state index is 0.213. The van der Waals surface area contributed by atoms with Crippen LogP contribution in [0.15, 0.2) is 4.99 Å². The number of thioether (sulfide) groups is 1. The van der Waals surface area contributed by atoms with Gasteiger partial charge in [-0.1, -0.05) is 11.8 Å². The Morgan fingerprint density at radius 1 is 1.53 bits per heavy atom. The Balaban J connectivity index is 2.36. The van der Waals surface area contributed by atoms with Gasteiger partial charge in [-0.3, -0.25) is 4.99 Å². The van der Waals surface area contributed by atoms with Gasteiger partial charge in [0, 0.05) is 11.3 Å². The second-order valence-corrected chi connectivity index (χ2v) is 6.14. The van der Waals surface area contributed by atoms with Gasteiger partial charge in [-0.25, -0.2) is 0 Å². The number of aliphatic imine (C=N–C) groups is 1. The molecule has 0 amide bonds. The summed E-state index contributed by atoms with van der Waals surface area (Å²) in [4.78, 5) is 6.89. The average Bonchev–Trinajstić information content (AvgIpc) is 2.42. The highest BCUT2D eigenvalue weighted by atomic mass is 32.2. The van der Waals surface area contributed by atoms with E-state index in [0.717, 1.165) is 23.9 Å². The summed E-state index contributed by atoms with van der Waals surface area (Å²) in [5.41, 5.74) is 0.213. The molecule has 1 fully saturated rings. The van der Waals surface area contributed by atoms with Crippen molar-refractivity contribution < 1.29 is 0 Å². The Kier molecular flexibility index (Phi) is 4.46. The molecule has 0 aromatic heterocycles. The van der Waals surface area contributed by atoms with Gasteiger partial charge in [0.25, 0.3) is 0 Å². The first-order valence-electron chi connectivity index (χ1n) is 5.52. The molecular formula is C11H23N3S. The Hall–Kier alpha value is -0.220. The molecular weight excluding hydrogens is 206 g/mol. The second-order valence-electron chi connectivity index (χ2n) is 5.17. The van der Waals surface area contributed by atoms with Crippen LogP contribution in [0.1, 0.15) is 27.2 Å². The zero-order chi connectivity index (χ0) is 11.5. The van der Waals surface area contributed by atoms with Crippen molar-refractivity contribution in [3.8, 4) is 0 Å². The molecule has 1 unspecified atom stereocenters. The molecule has 1 atom stereocenters. The number of nitrogens with one attached hydrogen (secondary N) is 1.